The van der Waals surface area contributed by atoms with Crippen molar-refractivity contribution >= 4 is 51.9 Å². The lowest BCUT2D eigenvalue weighted by Crippen LogP contribution is -2.27. The van der Waals surface area contributed by atoms with Crippen molar-refractivity contribution < 1.29 is 19.0 Å². The minimum atomic E-state index is -0.112. The molecular weight excluding hydrogens is 466 g/mol. The highest BCUT2D eigenvalue weighted by Gasteiger charge is 2.31. The van der Waals surface area contributed by atoms with E-state index in [1.807, 2.05) is 43.3 Å². The summed E-state index contributed by atoms with van der Waals surface area (Å²) in [4.78, 5) is 14.6. The Morgan fingerprint density at radius 3 is 2.56 bits per heavy atom. The van der Waals surface area contributed by atoms with Crippen molar-refractivity contribution in [3.05, 3.63) is 70.6 Å². The van der Waals surface area contributed by atoms with Gasteiger partial charge in [0.2, 0.25) is 0 Å². The molecule has 2 aromatic rings. The number of ether oxygens (including phenoxy) is 3. The summed E-state index contributed by atoms with van der Waals surface area (Å²) in [6.07, 6.45) is 4.18. The first-order valence-electron chi connectivity index (χ1n) is 10.2. The molecular formula is C24H24ClNO4S2. The molecule has 3 rings (SSSR count). The quantitative estimate of drug-likeness (QED) is 0.168. The highest BCUT2D eigenvalue weighted by molar-refractivity contribution is 8.26. The van der Waals surface area contributed by atoms with Crippen molar-refractivity contribution in [1.82, 2.24) is 4.90 Å². The van der Waals surface area contributed by atoms with E-state index >= 15 is 0 Å². The minimum Gasteiger partial charge on any atom is -0.493 e. The first kappa shape index (κ1) is 24.2. The molecule has 1 fully saturated rings. The Labute approximate surface area is 203 Å². The maximum absolute atomic E-state index is 12.5. The van der Waals surface area contributed by atoms with E-state index in [1.165, 1.54) is 16.7 Å². The smallest absolute Gasteiger partial charge is 0.266 e. The second-order valence-electron chi connectivity index (χ2n) is 6.72. The fourth-order valence-corrected chi connectivity index (χ4v) is 4.30. The fraction of sp³-hybridized carbons (Fsp3) is 0.250. The van der Waals surface area contributed by atoms with Gasteiger partial charge in [0, 0.05) is 18.0 Å². The standard InChI is InChI=1S/C24H24ClNO4S2/c1-3-12-26-23(27)22(32-24(26)31)16-17-6-11-20(21(15-17)28-4-2)30-14-5-13-29-19-9-7-18(25)8-10-19/h3,6-11,15-16H,1,4-5,12-14H2,2H3/b22-16-. The summed E-state index contributed by atoms with van der Waals surface area (Å²) < 4.78 is 17.9. The van der Waals surface area contributed by atoms with E-state index < -0.39 is 0 Å². The van der Waals surface area contributed by atoms with Gasteiger partial charge < -0.3 is 14.2 Å². The molecule has 32 heavy (non-hydrogen) atoms. The molecule has 0 spiro atoms. The predicted molar refractivity (Wildman–Crippen MR) is 135 cm³/mol. The molecule has 1 saturated heterocycles. The van der Waals surface area contributed by atoms with Gasteiger partial charge in [0.1, 0.15) is 10.1 Å². The second-order valence-corrected chi connectivity index (χ2v) is 8.84. The lowest BCUT2D eigenvalue weighted by atomic mass is 10.2. The molecule has 0 N–H and O–H groups in total. The average molecular weight is 490 g/mol. The summed E-state index contributed by atoms with van der Waals surface area (Å²) in [6, 6.07) is 12.9. The predicted octanol–water partition coefficient (Wildman–Crippen LogP) is 5.97. The number of hydrogen-bond donors (Lipinski definition) is 0. The van der Waals surface area contributed by atoms with E-state index in [-0.39, 0.29) is 5.91 Å². The van der Waals surface area contributed by atoms with Gasteiger partial charge in [-0.05, 0) is 55.0 Å². The molecule has 0 bridgehead atoms. The molecule has 0 atom stereocenters. The average Bonchev–Trinajstić information content (AvgIpc) is 3.04. The monoisotopic (exact) mass is 489 g/mol. The first-order valence-corrected chi connectivity index (χ1v) is 11.8. The fourth-order valence-electron chi connectivity index (χ4n) is 2.90. The zero-order valence-corrected chi connectivity index (χ0v) is 20.1. The molecule has 0 aliphatic carbocycles. The highest BCUT2D eigenvalue weighted by atomic mass is 35.5. The van der Waals surface area contributed by atoms with Crippen LogP contribution in [-0.4, -0.2) is 41.5 Å². The lowest BCUT2D eigenvalue weighted by molar-refractivity contribution is -0.121. The molecule has 5 nitrogen and oxygen atoms in total. The van der Waals surface area contributed by atoms with Crippen LogP contribution in [0.2, 0.25) is 5.02 Å². The number of benzene rings is 2. The van der Waals surface area contributed by atoms with Crippen LogP contribution in [-0.2, 0) is 4.79 Å². The summed E-state index contributed by atoms with van der Waals surface area (Å²) in [5, 5.41) is 0.677. The lowest BCUT2D eigenvalue weighted by Gasteiger charge is -2.13. The van der Waals surface area contributed by atoms with Crippen molar-refractivity contribution in [2.45, 2.75) is 13.3 Å². The number of hydrogen-bond acceptors (Lipinski definition) is 6. The molecule has 1 aliphatic rings. The van der Waals surface area contributed by atoms with Crippen LogP contribution < -0.4 is 14.2 Å². The third-order valence-corrected chi connectivity index (χ3v) is 6.01. The summed E-state index contributed by atoms with van der Waals surface area (Å²) in [7, 11) is 0. The normalized spacial score (nSPS) is 14.7. The first-order chi connectivity index (χ1) is 15.5. The van der Waals surface area contributed by atoms with Gasteiger partial charge in [0.15, 0.2) is 11.5 Å². The van der Waals surface area contributed by atoms with Crippen LogP contribution in [0.5, 0.6) is 17.2 Å². The molecule has 168 valence electrons. The molecule has 8 heteroatoms. The van der Waals surface area contributed by atoms with Crippen LogP contribution in [0, 0.1) is 0 Å². The Morgan fingerprint density at radius 2 is 1.84 bits per heavy atom. The van der Waals surface area contributed by atoms with E-state index in [0.29, 0.717) is 58.5 Å². The van der Waals surface area contributed by atoms with Crippen molar-refractivity contribution in [3.63, 3.8) is 0 Å². The molecule has 0 saturated carbocycles. The van der Waals surface area contributed by atoms with Crippen LogP contribution in [0.25, 0.3) is 6.08 Å². The van der Waals surface area contributed by atoms with Crippen molar-refractivity contribution in [1.29, 1.82) is 0 Å². The van der Waals surface area contributed by atoms with Crippen molar-refractivity contribution in [2.75, 3.05) is 26.4 Å². The van der Waals surface area contributed by atoms with Gasteiger partial charge in [-0.2, -0.15) is 0 Å². The summed E-state index contributed by atoms with van der Waals surface area (Å²) >= 11 is 12.5. The summed E-state index contributed by atoms with van der Waals surface area (Å²) in [5.74, 6) is 1.93. The Balaban J connectivity index is 1.59. The molecule has 0 radical (unpaired) electrons. The molecule has 0 unspecified atom stereocenters. The SMILES string of the molecule is C=CCN1C(=O)/C(=C/c2ccc(OCCCOc3ccc(Cl)cc3)c(OCC)c2)SC1=S. The molecule has 1 aliphatic heterocycles. The van der Waals surface area contributed by atoms with E-state index in [0.717, 1.165) is 11.3 Å². The molecule has 0 aromatic heterocycles. The van der Waals surface area contributed by atoms with E-state index in [9.17, 15) is 4.79 Å². The molecule has 2 aromatic carbocycles. The van der Waals surface area contributed by atoms with E-state index in [4.69, 9.17) is 38.0 Å². The number of carbonyl (C=O) groups excluding carboxylic acids is 1. The number of carbonyl (C=O) groups is 1. The van der Waals surface area contributed by atoms with Crippen LogP contribution in [0.15, 0.2) is 60.0 Å². The number of rotatable bonds is 11. The van der Waals surface area contributed by atoms with Crippen LogP contribution in [0.4, 0.5) is 0 Å². The Morgan fingerprint density at radius 1 is 1.09 bits per heavy atom. The second kappa shape index (κ2) is 11.9. The summed E-state index contributed by atoms with van der Waals surface area (Å²) in [6.45, 7) is 7.49. The molecule has 1 heterocycles. The largest absolute Gasteiger partial charge is 0.493 e. The Hall–Kier alpha value is -2.48. The van der Waals surface area contributed by atoms with Gasteiger partial charge in [-0.15, -0.1) is 6.58 Å². The number of halogens is 1. The third-order valence-electron chi connectivity index (χ3n) is 4.38. The van der Waals surface area contributed by atoms with Gasteiger partial charge in [-0.25, -0.2) is 0 Å². The van der Waals surface area contributed by atoms with Gasteiger partial charge in [0.05, 0.1) is 24.7 Å². The maximum Gasteiger partial charge on any atom is 0.266 e. The van der Waals surface area contributed by atoms with Crippen LogP contribution in [0.3, 0.4) is 0 Å². The van der Waals surface area contributed by atoms with Gasteiger partial charge in [-0.3, -0.25) is 9.69 Å². The Kier molecular flexibility index (Phi) is 9.02. The summed E-state index contributed by atoms with van der Waals surface area (Å²) in [5.41, 5.74) is 0.839. The number of thiocarbonyl (C=S) groups is 1. The maximum atomic E-state index is 12.5. The van der Waals surface area contributed by atoms with Crippen molar-refractivity contribution in [2.24, 2.45) is 0 Å². The van der Waals surface area contributed by atoms with Gasteiger partial charge in [-0.1, -0.05) is 47.7 Å². The highest BCUT2D eigenvalue weighted by Crippen LogP contribution is 2.35. The van der Waals surface area contributed by atoms with Gasteiger partial charge >= 0.3 is 0 Å². The zero-order chi connectivity index (χ0) is 22.9. The van der Waals surface area contributed by atoms with Crippen LogP contribution >= 0.6 is 35.6 Å². The zero-order valence-electron chi connectivity index (χ0n) is 17.7. The number of nitrogens with zero attached hydrogens (tertiary/aromatic N) is 1. The van der Waals surface area contributed by atoms with Crippen molar-refractivity contribution in [3.8, 4) is 17.2 Å². The van der Waals surface area contributed by atoms with E-state index in [1.54, 1.807) is 18.2 Å². The van der Waals surface area contributed by atoms with E-state index in [2.05, 4.69) is 6.58 Å². The van der Waals surface area contributed by atoms with Crippen LogP contribution in [0.1, 0.15) is 18.9 Å². The number of amides is 1. The molecule has 1 amide bonds. The minimum absolute atomic E-state index is 0.112. The van der Waals surface area contributed by atoms with Gasteiger partial charge in [0.25, 0.3) is 5.91 Å². The third kappa shape index (κ3) is 6.51. The number of thioether (sulfide) groups is 1. The Bertz CT molecular complexity index is 1010. The topological polar surface area (TPSA) is 48.0 Å².